The minimum atomic E-state index is -0.111. The van der Waals surface area contributed by atoms with Crippen LogP contribution < -0.4 is 5.32 Å². The Morgan fingerprint density at radius 1 is 1.44 bits per heavy atom. The Bertz CT molecular complexity index is 388. The van der Waals surface area contributed by atoms with Gasteiger partial charge >= 0.3 is 0 Å². The Hall–Kier alpha value is -1.64. The molecule has 1 aromatic rings. The van der Waals surface area contributed by atoms with Gasteiger partial charge in [0.1, 0.15) is 0 Å². The first-order valence-electron chi connectivity index (χ1n) is 5.29. The van der Waals surface area contributed by atoms with Gasteiger partial charge in [-0.05, 0) is 24.5 Å². The maximum Gasteiger partial charge on any atom is 0.248 e. The Balaban J connectivity index is 2.68. The smallest absolute Gasteiger partial charge is 0.248 e. The molecule has 1 aromatic heterocycles. The Kier molecular flexibility index (Phi) is 3.82. The number of hydrogen-bond acceptors (Lipinski definition) is 2. The van der Waals surface area contributed by atoms with E-state index in [1.165, 1.54) is 0 Å². The number of amides is 1. The van der Waals surface area contributed by atoms with E-state index in [2.05, 4.69) is 31.1 Å². The van der Waals surface area contributed by atoms with Crippen LogP contribution in [0.3, 0.4) is 0 Å². The van der Waals surface area contributed by atoms with Crippen LogP contribution in [0.4, 0.5) is 5.69 Å². The lowest BCUT2D eigenvalue weighted by Gasteiger charge is -2.19. The molecule has 0 spiro atoms. The predicted octanol–water partition coefficient (Wildman–Crippen LogP) is 3.01. The van der Waals surface area contributed by atoms with Crippen molar-refractivity contribution in [3.05, 3.63) is 36.2 Å². The third-order valence-electron chi connectivity index (χ3n) is 2.46. The van der Waals surface area contributed by atoms with Crippen LogP contribution in [0, 0.1) is 5.41 Å². The molecule has 86 valence electrons. The molecule has 1 amide bonds. The van der Waals surface area contributed by atoms with E-state index < -0.39 is 0 Å². The first-order chi connectivity index (χ1) is 7.39. The molecule has 3 heteroatoms. The lowest BCUT2D eigenvalue weighted by atomic mass is 9.87. The van der Waals surface area contributed by atoms with E-state index >= 15 is 0 Å². The summed E-state index contributed by atoms with van der Waals surface area (Å²) in [5, 5.41) is 2.77. The summed E-state index contributed by atoms with van der Waals surface area (Å²) in [4.78, 5) is 15.6. The van der Waals surface area contributed by atoms with Crippen molar-refractivity contribution in [1.82, 2.24) is 4.98 Å². The summed E-state index contributed by atoms with van der Waals surface area (Å²) in [6, 6.07) is 3.60. The fourth-order valence-electron chi connectivity index (χ4n) is 1.03. The van der Waals surface area contributed by atoms with E-state index in [9.17, 15) is 4.79 Å². The molecule has 0 aromatic carbocycles. The largest absolute Gasteiger partial charge is 0.321 e. The second-order valence-corrected chi connectivity index (χ2v) is 4.81. The molecule has 0 aliphatic rings. The second-order valence-electron chi connectivity index (χ2n) is 4.81. The number of aromatic nitrogens is 1. The van der Waals surface area contributed by atoms with Gasteiger partial charge < -0.3 is 5.32 Å². The highest BCUT2D eigenvalue weighted by atomic mass is 16.1. The molecule has 0 fully saturated rings. The first kappa shape index (κ1) is 12.4. The molecule has 0 aliphatic carbocycles. The van der Waals surface area contributed by atoms with E-state index in [-0.39, 0.29) is 11.3 Å². The lowest BCUT2D eigenvalue weighted by Crippen LogP contribution is -2.13. The van der Waals surface area contributed by atoms with E-state index in [4.69, 9.17) is 0 Å². The zero-order valence-electron chi connectivity index (χ0n) is 10.2. The molecule has 1 heterocycles. The summed E-state index contributed by atoms with van der Waals surface area (Å²) in [5.41, 5.74) is 1.78. The molecular formula is C13H18N2O. The van der Waals surface area contributed by atoms with Crippen LogP contribution >= 0.6 is 0 Å². The second kappa shape index (κ2) is 4.92. The van der Waals surface area contributed by atoms with Crippen molar-refractivity contribution in [1.29, 1.82) is 0 Å². The SMILES string of the molecule is CC(=CC(=O)Nc1cccnc1)C(C)(C)C. The van der Waals surface area contributed by atoms with Gasteiger partial charge in [-0.25, -0.2) is 0 Å². The van der Waals surface area contributed by atoms with Gasteiger partial charge in [0.2, 0.25) is 5.91 Å². The Morgan fingerprint density at radius 3 is 2.62 bits per heavy atom. The number of nitrogens with zero attached hydrogens (tertiary/aromatic N) is 1. The minimum absolute atomic E-state index is 0.0201. The van der Waals surface area contributed by atoms with Crippen LogP contribution in [0.15, 0.2) is 36.2 Å². The summed E-state index contributed by atoms with van der Waals surface area (Å²) >= 11 is 0. The molecule has 0 aliphatic heterocycles. The van der Waals surface area contributed by atoms with Crippen molar-refractivity contribution >= 4 is 11.6 Å². The molecule has 16 heavy (non-hydrogen) atoms. The van der Waals surface area contributed by atoms with Gasteiger partial charge in [-0.2, -0.15) is 0 Å². The number of carbonyl (C=O) groups is 1. The third kappa shape index (κ3) is 3.85. The molecule has 0 radical (unpaired) electrons. The summed E-state index contributed by atoms with van der Waals surface area (Å²) in [7, 11) is 0. The van der Waals surface area contributed by atoms with Gasteiger partial charge in [0.25, 0.3) is 0 Å². The van der Waals surface area contributed by atoms with E-state index in [1.54, 1.807) is 24.5 Å². The topological polar surface area (TPSA) is 42.0 Å². The standard InChI is InChI=1S/C13H18N2O/c1-10(13(2,3)4)8-12(16)15-11-6-5-7-14-9-11/h5-9H,1-4H3,(H,15,16). The fraction of sp³-hybridized carbons (Fsp3) is 0.385. The summed E-state index contributed by atoms with van der Waals surface area (Å²) in [6.45, 7) is 8.20. The number of rotatable bonds is 2. The highest BCUT2D eigenvalue weighted by molar-refractivity contribution is 5.99. The molecule has 3 nitrogen and oxygen atoms in total. The van der Waals surface area contributed by atoms with Crippen molar-refractivity contribution in [2.24, 2.45) is 5.41 Å². The van der Waals surface area contributed by atoms with Crippen LogP contribution in [0.25, 0.3) is 0 Å². The van der Waals surface area contributed by atoms with Gasteiger partial charge in [0.15, 0.2) is 0 Å². The first-order valence-corrected chi connectivity index (χ1v) is 5.29. The molecule has 0 atom stereocenters. The molecule has 1 rings (SSSR count). The highest BCUT2D eigenvalue weighted by Crippen LogP contribution is 2.24. The van der Waals surface area contributed by atoms with Gasteiger partial charge in [-0.1, -0.05) is 26.3 Å². The number of allylic oxidation sites excluding steroid dienone is 1. The average molecular weight is 218 g/mol. The van der Waals surface area contributed by atoms with Crippen molar-refractivity contribution in [3.8, 4) is 0 Å². The maximum absolute atomic E-state index is 11.7. The van der Waals surface area contributed by atoms with Gasteiger partial charge in [-0.3, -0.25) is 9.78 Å². The fourth-order valence-corrected chi connectivity index (χ4v) is 1.03. The van der Waals surface area contributed by atoms with Crippen LogP contribution in [0.1, 0.15) is 27.7 Å². The lowest BCUT2D eigenvalue weighted by molar-refractivity contribution is -0.112. The molecule has 1 N–H and O–H groups in total. The summed E-state index contributed by atoms with van der Waals surface area (Å²) in [5.74, 6) is -0.111. The van der Waals surface area contributed by atoms with Crippen LogP contribution in [-0.2, 0) is 4.79 Å². The van der Waals surface area contributed by atoms with Crippen molar-refractivity contribution in [3.63, 3.8) is 0 Å². The normalized spacial score (nSPS) is 12.4. The van der Waals surface area contributed by atoms with Crippen molar-refractivity contribution in [2.75, 3.05) is 5.32 Å². The van der Waals surface area contributed by atoms with E-state index in [1.807, 2.05) is 13.0 Å². The molecule has 0 unspecified atom stereocenters. The summed E-state index contributed by atoms with van der Waals surface area (Å²) < 4.78 is 0. The Morgan fingerprint density at radius 2 is 2.12 bits per heavy atom. The van der Waals surface area contributed by atoms with Crippen LogP contribution in [0.2, 0.25) is 0 Å². The maximum atomic E-state index is 11.7. The Labute approximate surface area is 96.6 Å². The van der Waals surface area contributed by atoms with Gasteiger partial charge in [0, 0.05) is 12.3 Å². The number of carbonyl (C=O) groups excluding carboxylic acids is 1. The zero-order chi connectivity index (χ0) is 12.2. The number of hydrogen-bond donors (Lipinski definition) is 1. The van der Waals surface area contributed by atoms with Gasteiger partial charge in [-0.15, -0.1) is 0 Å². The van der Waals surface area contributed by atoms with E-state index in [0.29, 0.717) is 5.69 Å². The zero-order valence-corrected chi connectivity index (χ0v) is 10.2. The number of anilines is 1. The number of nitrogens with one attached hydrogen (secondary N) is 1. The monoisotopic (exact) mass is 218 g/mol. The molecular weight excluding hydrogens is 200 g/mol. The van der Waals surface area contributed by atoms with Crippen molar-refractivity contribution < 1.29 is 4.79 Å². The third-order valence-corrected chi connectivity index (χ3v) is 2.46. The van der Waals surface area contributed by atoms with Crippen LogP contribution in [-0.4, -0.2) is 10.9 Å². The van der Waals surface area contributed by atoms with Crippen LogP contribution in [0.5, 0.6) is 0 Å². The van der Waals surface area contributed by atoms with Gasteiger partial charge in [0.05, 0.1) is 11.9 Å². The predicted molar refractivity (Wildman–Crippen MR) is 66.1 cm³/mol. The molecule has 0 saturated heterocycles. The quantitative estimate of drug-likeness (QED) is 0.775. The molecule has 0 bridgehead atoms. The average Bonchev–Trinajstić information content (AvgIpc) is 2.17. The highest BCUT2D eigenvalue weighted by Gasteiger charge is 2.13. The summed E-state index contributed by atoms with van der Waals surface area (Å²) in [6.07, 6.45) is 4.93. The minimum Gasteiger partial charge on any atom is -0.321 e. The van der Waals surface area contributed by atoms with E-state index in [0.717, 1.165) is 5.57 Å². The van der Waals surface area contributed by atoms with Crippen molar-refractivity contribution in [2.45, 2.75) is 27.7 Å². The number of pyridine rings is 1. The molecule has 0 saturated carbocycles.